The predicted molar refractivity (Wildman–Crippen MR) is 204 cm³/mol. The van der Waals surface area contributed by atoms with Crippen molar-refractivity contribution in [2.75, 3.05) is 0 Å². The van der Waals surface area contributed by atoms with Gasteiger partial charge in [-0.1, -0.05) is 164 Å². The normalized spacial score (nSPS) is 16.9. The van der Waals surface area contributed by atoms with Crippen molar-refractivity contribution < 1.29 is 4.74 Å². The molecule has 0 radical (unpaired) electrons. The molecule has 1 aliphatic heterocycles. The lowest BCUT2D eigenvalue weighted by molar-refractivity contribution is 0.442. The third-order valence-corrected chi connectivity index (χ3v) is 11.8. The number of ether oxygens (including phenoxy) is 1. The first-order chi connectivity index (χ1) is 24.7. The molecule has 1 spiro atoms. The van der Waals surface area contributed by atoms with Crippen LogP contribution in [0.1, 0.15) is 45.9 Å². The summed E-state index contributed by atoms with van der Waals surface area (Å²) in [4.78, 5) is 0. The Morgan fingerprint density at radius 1 is 0.420 bits per heavy atom. The second kappa shape index (κ2) is 9.94. The molecule has 11 rings (SSSR count). The van der Waals surface area contributed by atoms with Crippen molar-refractivity contribution in [1.29, 1.82) is 0 Å². The van der Waals surface area contributed by atoms with Crippen LogP contribution < -0.4 is 4.74 Å². The van der Waals surface area contributed by atoms with Crippen molar-refractivity contribution in [1.82, 2.24) is 0 Å². The Hall–Kier alpha value is -6.18. The molecule has 1 atom stereocenters. The quantitative estimate of drug-likeness (QED) is 0.183. The Balaban J connectivity index is 1.23. The second-order valence-electron chi connectivity index (χ2n) is 14.1. The summed E-state index contributed by atoms with van der Waals surface area (Å²) in [6.07, 6.45) is 0. The number of fused-ring (bicyclic) bond motifs is 14. The summed E-state index contributed by atoms with van der Waals surface area (Å²) in [5.74, 6) is 1.85. The van der Waals surface area contributed by atoms with Crippen LogP contribution in [0.3, 0.4) is 0 Å². The Kier molecular flexibility index (Phi) is 5.51. The minimum atomic E-state index is -0.542. The van der Waals surface area contributed by atoms with E-state index in [4.69, 9.17) is 4.74 Å². The van der Waals surface area contributed by atoms with Gasteiger partial charge in [0.15, 0.2) is 0 Å². The SMILES string of the molecule is CC1(c2ccccc2)c2ccccc2-c2cccc(-c3ccc4c(c3)C3(c5ccccc5-c5ccccc53)c3ccc5ccccc5c3O4)c21. The first-order valence-electron chi connectivity index (χ1n) is 17.5. The van der Waals surface area contributed by atoms with E-state index >= 15 is 0 Å². The molecule has 8 aromatic rings. The highest BCUT2D eigenvalue weighted by molar-refractivity contribution is 5.97. The van der Waals surface area contributed by atoms with Gasteiger partial charge in [-0.2, -0.15) is 0 Å². The summed E-state index contributed by atoms with van der Waals surface area (Å²) >= 11 is 0. The molecule has 0 saturated heterocycles. The zero-order valence-electron chi connectivity index (χ0n) is 27.7. The van der Waals surface area contributed by atoms with E-state index in [-0.39, 0.29) is 5.41 Å². The standard InChI is InChI=1S/C49H32O/c1-48(33-15-3-2-4-16-33)40-23-10-7-20-38(40)39-22-13-21-34(46(39)48)32-27-29-45-44(30-32)49(43-28-26-31-14-5-6-17-35(31)47(43)50-45)41-24-11-8-18-36(41)37-19-9-12-25-42(37)49/h2-30H,1H3. The molecule has 1 nitrogen and oxygen atoms in total. The van der Waals surface area contributed by atoms with Gasteiger partial charge in [-0.15, -0.1) is 0 Å². The molecule has 0 N–H and O–H groups in total. The van der Waals surface area contributed by atoms with E-state index in [0.29, 0.717) is 0 Å². The number of hydrogen-bond acceptors (Lipinski definition) is 1. The minimum Gasteiger partial charge on any atom is -0.456 e. The fourth-order valence-corrected chi connectivity index (χ4v) is 9.71. The van der Waals surface area contributed by atoms with Gasteiger partial charge in [-0.3, -0.25) is 0 Å². The van der Waals surface area contributed by atoms with Crippen LogP contribution in [0.25, 0.3) is 44.2 Å². The Labute approximate surface area is 292 Å². The van der Waals surface area contributed by atoms with Crippen molar-refractivity contribution in [2.45, 2.75) is 17.8 Å². The predicted octanol–water partition coefficient (Wildman–Crippen LogP) is 12.3. The molecule has 0 aromatic heterocycles. The number of rotatable bonds is 2. The van der Waals surface area contributed by atoms with Crippen LogP contribution in [0.4, 0.5) is 0 Å². The van der Waals surface area contributed by atoms with Crippen LogP contribution in [-0.4, -0.2) is 0 Å². The van der Waals surface area contributed by atoms with Crippen LogP contribution in [0.2, 0.25) is 0 Å². The molecule has 0 saturated carbocycles. The molecule has 50 heavy (non-hydrogen) atoms. The monoisotopic (exact) mass is 636 g/mol. The maximum Gasteiger partial charge on any atom is 0.140 e. The lowest BCUT2D eigenvalue weighted by Crippen LogP contribution is -2.32. The molecule has 0 bridgehead atoms. The molecule has 1 heterocycles. The van der Waals surface area contributed by atoms with E-state index in [1.165, 1.54) is 77.7 Å². The van der Waals surface area contributed by atoms with Gasteiger partial charge in [-0.05, 0) is 85.6 Å². The van der Waals surface area contributed by atoms with Crippen LogP contribution in [-0.2, 0) is 10.8 Å². The smallest absolute Gasteiger partial charge is 0.140 e. The third kappa shape index (κ3) is 3.37. The molecule has 1 heteroatoms. The Bertz CT molecular complexity index is 2660. The van der Waals surface area contributed by atoms with Gasteiger partial charge >= 0.3 is 0 Å². The van der Waals surface area contributed by atoms with E-state index in [2.05, 4.69) is 183 Å². The van der Waals surface area contributed by atoms with E-state index in [1.54, 1.807) is 0 Å². The summed E-state index contributed by atoms with van der Waals surface area (Å²) in [7, 11) is 0. The van der Waals surface area contributed by atoms with E-state index in [0.717, 1.165) is 16.9 Å². The first kappa shape index (κ1) is 27.7. The maximum absolute atomic E-state index is 7.05. The Morgan fingerprint density at radius 3 is 1.78 bits per heavy atom. The van der Waals surface area contributed by atoms with Gasteiger partial charge in [0.1, 0.15) is 11.5 Å². The highest BCUT2D eigenvalue weighted by Crippen LogP contribution is 2.64. The van der Waals surface area contributed by atoms with Crippen molar-refractivity contribution >= 4 is 10.8 Å². The zero-order valence-corrected chi connectivity index (χ0v) is 27.7. The van der Waals surface area contributed by atoms with Crippen LogP contribution in [0.15, 0.2) is 176 Å². The zero-order chi connectivity index (χ0) is 33.0. The topological polar surface area (TPSA) is 9.23 Å². The lowest BCUT2D eigenvalue weighted by atomic mass is 9.65. The largest absolute Gasteiger partial charge is 0.456 e. The average molecular weight is 637 g/mol. The molecule has 0 fully saturated rings. The van der Waals surface area contributed by atoms with E-state index in [1.807, 2.05) is 0 Å². The summed E-state index contributed by atoms with van der Waals surface area (Å²) in [5, 5.41) is 2.32. The Morgan fingerprint density at radius 2 is 1.02 bits per heavy atom. The van der Waals surface area contributed by atoms with E-state index in [9.17, 15) is 0 Å². The summed E-state index contributed by atoms with van der Waals surface area (Å²) in [6.45, 7) is 2.41. The number of hydrogen-bond donors (Lipinski definition) is 0. The lowest BCUT2D eigenvalue weighted by Gasteiger charge is -2.40. The molecular weight excluding hydrogens is 605 g/mol. The van der Waals surface area contributed by atoms with E-state index < -0.39 is 5.41 Å². The highest BCUT2D eigenvalue weighted by atomic mass is 16.5. The van der Waals surface area contributed by atoms with Gasteiger partial charge in [-0.25, -0.2) is 0 Å². The van der Waals surface area contributed by atoms with Gasteiger partial charge < -0.3 is 4.74 Å². The number of benzene rings is 8. The molecular formula is C49H32O. The fourth-order valence-electron chi connectivity index (χ4n) is 9.71. The average Bonchev–Trinajstić information content (AvgIpc) is 3.63. The molecule has 8 aromatic carbocycles. The highest BCUT2D eigenvalue weighted by Gasteiger charge is 2.51. The molecule has 3 aliphatic rings. The summed E-state index contributed by atoms with van der Waals surface area (Å²) < 4.78 is 7.05. The van der Waals surface area contributed by atoms with Crippen molar-refractivity contribution in [3.8, 4) is 44.9 Å². The maximum atomic E-state index is 7.05. The molecule has 0 amide bonds. The van der Waals surface area contributed by atoms with Gasteiger partial charge in [0.25, 0.3) is 0 Å². The van der Waals surface area contributed by atoms with Gasteiger partial charge in [0.05, 0.1) is 5.41 Å². The summed E-state index contributed by atoms with van der Waals surface area (Å²) in [6, 6.07) is 64.9. The summed E-state index contributed by atoms with van der Waals surface area (Å²) in [5.41, 5.74) is 15.8. The van der Waals surface area contributed by atoms with Gasteiger partial charge in [0, 0.05) is 21.9 Å². The molecule has 1 unspecified atom stereocenters. The minimum absolute atomic E-state index is 0.314. The molecule has 2 aliphatic carbocycles. The van der Waals surface area contributed by atoms with Crippen LogP contribution in [0, 0.1) is 0 Å². The van der Waals surface area contributed by atoms with Crippen molar-refractivity contribution in [2.24, 2.45) is 0 Å². The van der Waals surface area contributed by atoms with Crippen molar-refractivity contribution in [3.05, 3.63) is 215 Å². The van der Waals surface area contributed by atoms with Crippen LogP contribution in [0.5, 0.6) is 11.5 Å². The molecule has 234 valence electrons. The second-order valence-corrected chi connectivity index (χ2v) is 14.1. The fraction of sp³-hybridized carbons (Fsp3) is 0.0612. The first-order valence-corrected chi connectivity index (χ1v) is 17.5. The third-order valence-electron chi connectivity index (χ3n) is 11.8. The van der Waals surface area contributed by atoms with Gasteiger partial charge in [0.2, 0.25) is 0 Å². The van der Waals surface area contributed by atoms with Crippen LogP contribution >= 0.6 is 0 Å². The van der Waals surface area contributed by atoms with Crippen molar-refractivity contribution in [3.63, 3.8) is 0 Å².